The molecule has 2 heterocycles. The van der Waals surface area contributed by atoms with Crippen LogP contribution >= 0.6 is 0 Å². The van der Waals surface area contributed by atoms with Gasteiger partial charge in [-0.1, -0.05) is 6.92 Å². The van der Waals surface area contributed by atoms with Crippen molar-refractivity contribution in [3.05, 3.63) is 39.8 Å². The van der Waals surface area contributed by atoms with E-state index in [1.54, 1.807) is 19.2 Å². The molecule has 5 heteroatoms. The van der Waals surface area contributed by atoms with Gasteiger partial charge < -0.3 is 15.2 Å². The van der Waals surface area contributed by atoms with Crippen LogP contribution in [0.4, 0.5) is 0 Å². The third-order valence-corrected chi connectivity index (χ3v) is 3.55. The molecule has 5 nitrogen and oxygen atoms in total. The van der Waals surface area contributed by atoms with Crippen molar-refractivity contribution >= 4 is 21.8 Å². The average Bonchev–Trinajstić information content (AvgIpc) is 2.43. The van der Waals surface area contributed by atoms with Crippen molar-refractivity contribution in [2.75, 3.05) is 0 Å². The Balaban J connectivity index is 2.61. The number of phenols is 2. The second kappa shape index (κ2) is 4.23. The van der Waals surface area contributed by atoms with E-state index in [4.69, 9.17) is 0 Å². The van der Waals surface area contributed by atoms with E-state index >= 15 is 0 Å². The van der Waals surface area contributed by atoms with E-state index < -0.39 is 0 Å². The Bertz CT molecular complexity index is 897. The summed E-state index contributed by atoms with van der Waals surface area (Å²) in [5.74, 6) is -0.0828. The van der Waals surface area contributed by atoms with Crippen LogP contribution in [0.2, 0.25) is 0 Å². The summed E-state index contributed by atoms with van der Waals surface area (Å²) in [6.45, 7) is 3.71. The number of H-pyrrole nitrogens is 1. The number of benzene rings is 1. The molecule has 3 rings (SSSR count). The van der Waals surface area contributed by atoms with Crippen LogP contribution < -0.4 is 5.56 Å². The van der Waals surface area contributed by atoms with Crippen LogP contribution in [-0.2, 0) is 6.42 Å². The minimum atomic E-state index is -0.325. The largest absolute Gasteiger partial charge is 0.507 e. The van der Waals surface area contributed by atoms with E-state index in [1.165, 1.54) is 6.07 Å². The van der Waals surface area contributed by atoms with Crippen LogP contribution in [-0.4, -0.2) is 20.2 Å². The van der Waals surface area contributed by atoms with Gasteiger partial charge in [-0.05, 0) is 30.5 Å². The maximum atomic E-state index is 11.5. The summed E-state index contributed by atoms with van der Waals surface area (Å²) in [6, 6.07) is 3.20. The highest BCUT2D eigenvalue weighted by molar-refractivity contribution is 6.08. The first-order valence-electron chi connectivity index (χ1n) is 6.39. The summed E-state index contributed by atoms with van der Waals surface area (Å²) >= 11 is 0. The number of aromatic hydroxyl groups is 2. The predicted molar refractivity (Wildman–Crippen MR) is 77.3 cm³/mol. The Hall–Kier alpha value is -2.56. The normalized spacial score (nSPS) is 11.3. The zero-order chi connectivity index (χ0) is 14.4. The fraction of sp³-hybridized carbons (Fsp3) is 0.200. The minimum absolute atomic E-state index is 0.0318. The molecule has 0 atom stereocenters. The number of hydrogen-bond acceptors (Lipinski definition) is 4. The molecule has 0 spiro atoms. The lowest BCUT2D eigenvalue weighted by molar-refractivity contribution is 0.476. The van der Waals surface area contributed by atoms with Gasteiger partial charge in [0.15, 0.2) is 5.75 Å². The van der Waals surface area contributed by atoms with Crippen molar-refractivity contribution in [3.8, 4) is 11.5 Å². The number of aromatic amines is 1. The summed E-state index contributed by atoms with van der Waals surface area (Å²) < 4.78 is 0. The number of pyridine rings is 2. The number of hydrogen-bond donors (Lipinski definition) is 3. The molecule has 3 aromatic rings. The second-order valence-corrected chi connectivity index (χ2v) is 4.86. The predicted octanol–water partition coefficient (Wildman–Crippen LogP) is 2.36. The van der Waals surface area contributed by atoms with Gasteiger partial charge >= 0.3 is 0 Å². The van der Waals surface area contributed by atoms with Gasteiger partial charge in [-0.15, -0.1) is 0 Å². The number of aromatic nitrogens is 2. The van der Waals surface area contributed by atoms with E-state index in [1.807, 2.05) is 6.92 Å². The molecular weight excluding hydrogens is 256 g/mol. The maximum Gasteiger partial charge on any atom is 0.248 e. The van der Waals surface area contributed by atoms with E-state index in [-0.39, 0.29) is 28.1 Å². The molecule has 0 unspecified atom stereocenters. The van der Waals surface area contributed by atoms with Crippen molar-refractivity contribution in [1.82, 2.24) is 9.97 Å². The summed E-state index contributed by atoms with van der Waals surface area (Å²) in [6.07, 6.45) is 2.44. The van der Waals surface area contributed by atoms with Gasteiger partial charge in [0.1, 0.15) is 11.3 Å². The Labute approximate surface area is 114 Å². The van der Waals surface area contributed by atoms with Gasteiger partial charge in [0.25, 0.3) is 0 Å². The van der Waals surface area contributed by atoms with E-state index in [0.717, 1.165) is 12.0 Å². The molecule has 0 saturated carbocycles. The van der Waals surface area contributed by atoms with Crippen LogP contribution in [0, 0.1) is 6.92 Å². The van der Waals surface area contributed by atoms with Crippen LogP contribution in [0.25, 0.3) is 21.8 Å². The molecule has 1 aromatic carbocycles. The third kappa shape index (κ3) is 1.63. The number of rotatable bonds is 1. The van der Waals surface area contributed by atoms with Crippen molar-refractivity contribution < 1.29 is 10.2 Å². The Morgan fingerprint density at radius 1 is 1.25 bits per heavy atom. The lowest BCUT2D eigenvalue weighted by Crippen LogP contribution is -2.05. The van der Waals surface area contributed by atoms with Gasteiger partial charge in [0, 0.05) is 23.0 Å². The third-order valence-electron chi connectivity index (χ3n) is 3.55. The van der Waals surface area contributed by atoms with E-state index in [2.05, 4.69) is 9.97 Å². The Morgan fingerprint density at radius 2 is 2.00 bits per heavy atom. The SMILES string of the molecule is CCc1cnc2c(O)c3[nH]c(=O)cc(C)c3c(O)c2c1. The molecular formula is C15H14N2O3. The van der Waals surface area contributed by atoms with Crippen molar-refractivity contribution in [3.63, 3.8) is 0 Å². The molecule has 0 amide bonds. The van der Waals surface area contributed by atoms with Crippen LogP contribution in [0.15, 0.2) is 23.1 Å². The highest BCUT2D eigenvalue weighted by Crippen LogP contribution is 2.40. The first-order chi connectivity index (χ1) is 9.52. The first-order valence-corrected chi connectivity index (χ1v) is 6.39. The molecule has 0 bridgehead atoms. The van der Waals surface area contributed by atoms with Crippen molar-refractivity contribution in [2.24, 2.45) is 0 Å². The molecule has 0 aliphatic carbocycles. The fourth-order valence-corrected chi connectivity index (χ4v) is 2.49. The standard InChI is InChI=1S/C15H14N2O3/c1-3-8-5-9-12(16-6-8)15(20)13-11(14(9)19)7(2)4-10(18)17-13/h4-6,19-20H,3H2,1-2H3,(H,17,18). The number of nitrogens with one attached hydrogen (secondary N) is 1. The molecule has 102 valence electrons. The zero-order valence-electron chi connectivity index (χ0n) is 11.2. The monoisotopic (exact) mass is 270 g/mol. The molecule has 0 saturated heterocycles. The van der Waals surface area contributed by atoms with Crippen LogP contribution in [0.3, 0.4) is 0 Å². The van der Waals surface area contributed by atoms with Crippen molar-refractivity contribution in [1.29, 1.82) is 0 Å². The number of aryl methyl sites for hydroxylation is 2. The van der Waals surface area contributed by atoms with Crippen LogP contribution in [0.1, 0.15) is 18.1 Å². The molecule has 0 radical (unpaired) electrons. The van der Waals surface area contributed by atoms with E-state index in [0.29, 0.717) is 16.3 Å². The molecule has 2 aromatic heterocycles. The van der Waals surface area contributed by atoms with Gasteiger partial charge in [0.05, 0.1) is 5.52 Å². The lowest BCUT2D eigenvalue weighted by atomic mass is 10.0. The molecule has 0 aliphatic heterocycles. The van der Waals surface area contributed by atoms with Gasteiger partial charge in [-0.3, -0.25) is 9.78 Å². The summed E-state index contributed by atoms with van der Waals surface area (Å²) in [5, 5.41) is 21.7. The average molecular weight is 270 g/mol. The molecule has 0 aliphatic rings. The molecule has 3 N–H and O–H groups in total. The summed E-state index contributed by atoms with van der Waals surface area (Å²) in [5.41, 5.74) is 1.76. The van der Waals surface area contributed by atoms with Gasteiger partial charge in [-0.25, -0.2) is 0 Å². The molecule has 20 heavy (non-hydrogen) atoms. The van der Waals surface area contributed by atoms with Gasteiger partial charge in [0.2, 0.25) is 5.56 Å². The maximum absolute atomic E-state index is 11.5. The second-order valence-electron chi connectivity index (χ2n) is 4.86. The lowest BCUT2D eigenvalue weighted by Gasteiger charge is -2.11. The Kier molecular flexibility index (Phi) is 2.64. The first kappa shape index (κ1) is 12.5. The van der Waals surface area contributed by atoms with Gasteiger partial charge in [-0.2, -0.15) is 0 Å². The number of phenolic OH excluding ortho intramolecular Hbond substituents is 2. The number of nitrogens with zero attached hydrogens (tertiary/aromatic N) is 1. The quantitative estimate of drug-likeness (QED) is 0.468. The number of fused-ring (bicyclic) bond motifs is 2. The highest BCUT2D eigenvalue weighted by atomic mass is 16.3. The van der Waals surface area contributed by atoms with E-state index in [9.17, 15) is 15.0 Å². The highest BCUT2D eigenvalue weighted by Gasteiger charge is 2.16. The Morgan fingerprint density at radius 3 is 2.70 bits per heavy atom. The fourth-order valence-electron chi connectivity index (χ4n) is 2.49. The van der Waals surface area contributed by atoms with Crippen LogP contribution in [0.5, 0.6) is 11.5 Å². The zero-order valence-corrected chi connectivity index (χ0v) is 11.2. The molecule has 0 fully saturated rings. The summed E-state index contributed by atoms with van der Waals surface area (Å²) in [7, 11) is 0. The minimum Gasteiger partial charge on any atom is -0.507 e. The van der Waals surface area contributed by atoms with Crippen molar-refractivity contribution in [2.45, 2.75) is 20.3 Å². The summed E-state index contributed by atoms with van der Waals surface area (Å²) in [4.78, 5) is 18.3. The smallest absolute Gasteiger partial charge is 0.248 e. The topological polar surface area (TPSA) is 86.2 Å².